The molecular weight excluding hydrogens is 308 g/mol. The van der Waals surface area contributed by atoms with Gasteiger partial charge in [-0.1, -0.05) is 12.1 Å². The molecule has 0 radical (unpaired) electrons. The van der Waals surface area contributed by atoms with E-state index in [1.54, 1.807) is 12.0 Å². The second-order valence-electron chi connectivity index (χ2n) is 6.54. The highest BCUT2D eigenvalue weighted by Crippen LogP contribution is 2.13. The molecule has 0 aliphatic carbocycles. The molecule has 1 aromatic carbocycles. The molecule has 134 valence electrons. The average Bonchev–Trinajstić information content (AvgIpc) is 2.48. The molecular formula is C18H28N2O4. The van der Waals surface area contributed by atoms with Gasteiger partial charge in [0.05, 0.1) is 7.11 Å². The third kappa shape index (κ3) is 7.85. The minimum atomic E-state index is -0.531. The molecule has 0 aliphatic heterocycles. The van der Waals surface area contributed by atoms with Crippen LogP contribution in [0.5, 0.6) is 5.75 Å². The second-order valence-corrected chi connectivity index (χ2v) is 6.54. The highest BCUT2D eigenvalue weighted by Gasteiger charge is 2.16. The maximum atomic E-state index is 11.8. The molecule has 0 saturated heterocycles. The topological polar surface area (TPSA) is 67.9 Å². The number of methoxy groups -OCH3 is 1. The largest absolute Gasteiger partial charge is 0.497 e. The molecule has 0 aromatic heterocycles. The lowest BCUT2D eigenvalue weighted by atomic mass is 10.1. The van der Waals surface area contributed by atoms with Crippen LogP contribution in [0, 0.1) is 0 Å². The van der Waals surface area contributed by atoms with E-state index in [9.17, 15) is 9.59 Å². The van der Waals surface area contributed by atoms with Crippen LogP contribution in [0.4, 0.5) is 4.79 Å². The van der Waals surface area contributed by atoms with Gasteiger partial charge in [0.25, 0.3) is 0 Å². The summed E-state index contributed by atoms with van der Waals surface area (Å²) in [7, 11) is 1.63. The van der Waals surface area contributed by atoms with Gasteiger partial charge in [-0.05, 0) is 44.9 Å². The van der Waals surface area contributed by atoms with Gasteiger partial charge in [-0.3, -0.25) is 4.79 Å². The third-order valence-electron chi connectivity index (χ3n) is 3.30. The Labute approximate surface area is 144 Å². The molecule has 0 bridgehead atoms. The van der Waals surface area contributed by atoms with Crippen LogP contribution in [-0.4, -0.2) is 49.2 Å². The molecule has 6 nitrogen and oxygen atoms in total. The summed E-state index contributed by atoms with van der Waals surface area (Å²) in [6.45, 7) is 8.33. The maximum absolute atomic E-state index is 11.8. The standard InChI is InChI=1S/C18H28N2O4/c1-14(21)20(12-10-19-17(22)24-18(2,3)4)11-9-15-7-6-8-16(13-15)23-5/h6-8,13H,9-12H2,1-5H3,(H,19,22). The number of nitrogens with zero attached hydrogens (tertiary/aromatic N) is 1. The number of benzene rings is 1. The van der Waals surface area contributed by atoms with Crippen LogP contribution in [0.3, 0.4) is 0 Å². The molecule has 0 spiro atoms. The van der Waals surface area contributed by atoms with Gasteiger partial charge < -0.3 is 19.7 Å². The van der Waals surface area contributed by atoms with Crippen LogP contribution in [0.25, 0.3) is 0 Å². The van der Waals surface area contributed by atoms with Gasteiger partial charge in [-0.2, -0.15) is 0 Å². The van der Waals surface area contributed by atoms with Crippen molar-refractivity contribution in [3.63, 3.8) is 0 Å². The number of ether oxygens (including phenoxy) is 2. The number of amides is 2. The second kappa shape index (κ2) is 9.15. The lowest BCUT2D eigenvalue weighted by Crippen LogP contribution is -2.40. The molecule has 2 amide bonds. The first-order chi connectivity index (χ1) is 11.2. The summed E-state index contributed by atoms with van der Waals surface area (Å²) in [4.78, 5) is 25.1. The molecule has 1 N–H and O–H groups in total. The number of nitrogens with one attached hydrogen (secondary N) is 1. The zero-order valence-corrected chi connectivity index (χ0v) is 15.2. The molecule has 1 aromatic rings. The molecule has 1 rings (SSSR count). The van der Waals surface area contributed by atoms with E-state index in [0.29, 0.717) is 19.6 Å². The van der Waals surface area contributed by atoms with Crippen LogP contribution in [-0.2, 0) is 16.0 Å². The molecule has 6 heteroatoms. The normalized spacial score (nSPS) is 10.9. The monoisotopic (exact) mass is 336 g/mol. The summed E-state index contributed by atoms with van der Waals surface area (Å²) in [6.07, 6.45) is 0.252. The Hall–Kier alpha value is -2.24. The Morgan fingerprint density at radius 3 is 2.50 bits per heavy atom. The van der Waals surface area contributed by atoms with Crippen molar-refractivity contribution in [2.24, 2.45) is 0 Å². The third-order valence-corrected chi connectivity index (χ3v) is 3.30. The van der Waals surface area contributed by atoms with Crippen LogP contribution in [0.2, 0.25) is 0 Å². The zero-order chi connectivity index (χ0) is 18.2. The molecule has 0 saturated carbocycles. The zero-order valence-electron chi connectivity index (χ0n) is 15.2. The number of rotatable bonds is 7. The van der Waals surface area contributed by atoms with Crippen LogP contribution in [0.1, 0.15) is 33.3 Å². The van der Waals surface area contributed by atoms with E-state index in [2.05, 4.69) is 5.32 Å². The first-order valence-electron chi connectivity index (χ1n) is 8.06. The first-order valence-corrected chi connectivity index (χ1v) is 8.06. The van der Waals surface area contributed by atoms with Gasteiger partial charge in [0.1, 0.15) is 11.4 Å². The SMILES string of the molecule is COc1cccc(CCN(CCNC(=O)OC(C)(C)C)C(C)=O)c1. The summed E-state index contributed by atoms with van der Waals surface area (Å²) >= 11 is 0. The van der Waals surface area contributed by atoms with E-state index in [1.165, 1.54) is 6.92 Å². The van der Waals surface area contributed by atoms with Crippen molar-refractivity contribution in [1.82, 2.24) is 10.2 Å². The van der Waals surface area contributed by atoms with E-state index >= 15 is 0 Å². The average molecular weight is 336 g/mol. The summed E-state index contributed by atoms with van der Waals surface area (Å²) in [5.74, 6) is 0.775. The Balaban J connectivity index is 2.44. The fourth-order valence-corrected chi connectivity index (χ4v) is 2.13. The van der Waals surface area contributed by atoms with E-state index in [4.69, 9.17) is 9.47 Å². The van der Waals surface area contributed by atoms with Crippen LogP contribution in [0.15, 0.2) is 24.3 Å². The predicted molar refractivity (Wildman–Crippen MR) is 93.2 cm³/mol. The van der Waals surface area contributed by atoms with E-state index < -0.39 is 11.7 Å². The molecule has 0 atom stereocenters. The minimum Gasteiger partial charge on any atom is -0.497 e. The fraction of sp³-hybridized carbons (Fsp3) is 0.556. The van der Waals surface area contributed by atoms with Crippen molar-refractivity contribution in [2.75, 3.05) is 26.7 Å². The van der Waals surface area contributed by atoms with Crippen molar-refractivity contribution >= 4 is 12.0 Å². The lowest BCUT2D eigenvalue weighted by molar-refractivity contribution is -0.128. The number of carbonyl (C=O) groups is 2. The van der Waals surface area contributed by atoms with Crippen LogP contribution >= 0.6 is 0 Å². The Bertz CT molecular complexity index is 552. The van der Waals surface area contributed by atoms with Gasteiger partial charge in [-0.25, -0.2) is 4.79 Å². The molecule has 0 aliphatic rings. The van der Waals surface area contributed by atoms with Crippen molar-refractivity contribution in [3.8, 4) is 5.75 Å². The number of carbonyl (C=O) groups excluding carboxylic acids is 2. The van der Waals surface area contributed by atoms with Crippen molar-refractivity contribution < 1.29 is 19.1 Å². The fourth-order valence-electron chi connectivity index (χ4n) is 2.13. The smallest absolute Gasteiger partial charge is 0.407 e. The number of alkyl carbamates (subject to hydrolysis) is 1. The van der Waals surface area contributed by atoms with Gasteiger partial charge >= 0.3 is 6.09 Å². The Morgan fingerprint density at radius 2 is 1.92 bits per heavy atom. The van der Waals surface area contributed by atoms with E-state index in [-0.39, 0.29) is 5.91 Å². The van der Waals surface area contributed by atoms with Crippen molar-refractivity contribution in [1.29, 1.82) is 0 Å². The number of hydrogen-bond acceptors (Lipinski definition) is 4. The lowest BCUT2D eigenvalue weighted by Gasteiger charge is -2.23. The Kier molecular flexibility index (Phi) is 7.55. The van der Waals surface area contributed by atoms with E-state index in [0.717, 1.165) is 17.7 Å². The van der Waals surface area contributed by atoms with E-state index in [1.807, 2.05) is 45.0 Å². The van der Waals surface area contributed by atoms with Gasteiger partial charge in [0.2, 0.25) is 5.91 Å². The first kappa shape index (κ1) is 19.8. The quantitative estimate of drug-likeness (QED) is 0.831. The minimum absolute atomic E-state index is 0.0242. The Morgan fingerprint density at radius 1 is 1.21 bits per heavy atom. The van der Waals surface area contributed by atoms with Crippen molar-refractivity contribution in [3.05, 3.63) is 29.8 Å². The molecule has 0 fully saturated rings. The summed E-state index contributed by atoms with van der Waals surface area (Å²) in [6, 6.07) is 7.77. The van der Waals surface area contributed by atoms with Gasteiger partial charge in [0, 0.05) is 26.6 Å². The molecule has 0 unspecified atom stereocenters. The summed E-state index contributed by atoms with van der Waals surface area (Å²) in [5, 5.41) is 2.67. The van der Waals surface area contributed by atoms with Crippen molar-refractivity contribution in [2.45, 2.75) is 39.7 Å². The number of hydrogen-bond donors (Lipinski definition) is 1. The highest BCUT2D eigenvalue weighted by atomic mass is 16.6. The molecule has 0 heterocycles. The summed E-state index contributed by atoms with van der Waals surface area (Å²) < 4.78 is 10.4. The van der Waals surface area contributed by atoms with Gasteiger partial charge in [-0.15, -0.1) is 0 Å². The predicted octanol–water partition coefficient (Wildman–Crippen LogP) is 2.61. The van der Waals surface area contributed by atoms with Crippen LogP contribution < -0.4 is 10.1 Å². The summed E-state index contributed by atoms with van der Waals surface area (Å²) in [5.41, 5.74) is 0.567. The maximum Gasteiger partial charge on any atom is 0.407 e. The molecule has 24 heavy (non-hydrogen) atoms. The highest BCUT2D eigenvalue weighted by molar-refractivity contribution is 5.73. The van der Waals surface area contributed by atoms with Gasteiger partial charge in [0.15, 0.2) is 0 Å².